The summed E-state index contributed by atoms with van der Waals surface area (Å²) in [6, 6.07) is 15.9. The van der Waals surface area contributed by atoms with E-state index in [1.165, 1.54) is 6.42 Å². The number of piperidine rings is 1. The first-order valence-corrected chi connectivity index (χ1v) is 13.1. The van der Waals surface area contributed by atoms with Crippen LogP contribution in [0.25, 0.3) is 11.3 Å². The molecule has 0 unspecified atom stereocenters. The van der Waals surface area contributed by atoms with Gasteiger partial charge < -0.3 is 4.90 Å². The first kappa shape index (κ1) is 22.1. The standard InChI is InChI=1S/C25H31N5O2S/c1-25(2,3)30-18-22-24(29(27-26-22)17-19-10-6-4-7-11-19)21-16-20(28-14-8-5-9-15-28)12-13-23(21)33(30,31)32/h4,6-7,10-13,16H,5,8-9,14-15,17-18H2,1-3H3. The van der Waals surface area contributed by atoms with Crippen LogP contribution in [0.3, 0.4) is 0 Å². The summed E-state index contributed by atoms with van der Waals surface area (Å²) in [6.07, 6.45) is 3.56. The highest BCUT2D eigenvalue weighted by molar-refractivity contribution is 7.89. The van der Waals surface area contributed by atoms with Gasteiger partial charge in [0, 0.05) is 29.9 Å². The van der Waals surface area contributed by atoms with E-state index in [1.54, 1.807) is 10.4 Å². The van der Waals surface area contributed by atoms with Crippen molar-refractivity contribution in [1.29, 1.82) is 0 Å². The van der Waals surface area contributed by atoms with E-state index >= 15 is 0 Å². The van der Waals surface area contributed by atoms with Gasteiger partial charge in [-0.2, -0.15) is 4.31 Å². The maximum absolute atomic E-state index is 13.8. The Hall–Kier alpha value is -2.71. The Bertz CT molecular complexity index is 1260. The van der Waals surface area contributed by atoms with Crippen molar-refractivity contribution in [3.63, 3.8) is 0 Å². The summed E-state index contributed by atoms with van der Waals surface area (Å²) in [5.74, 6) is 0. The molecule has 8 heteroatoms. The van der Waals surface area contributed by atoms with Crippen molar-refractivity contribution in [2.45, 2.75) is 63.6 Å². The fourth-order valence-electron chi connectivity index (χ4n) is 4.83. The average Bonchev–Trinajstić information content (AvgIpc) is 3.15. The predicted octanol–water partition coefficient (Wildman–Crippen LogP) is 4.29. The molecule has 174 valence electrons. The highest BCUT2D eigenvalue weighted by atomic mass is 32.2. The summed E-state index contributed by atoms with van der Waals surface area (Å²) >= 11 is 0. The largest absolute Gasteiger partial charge is 0.372 e. The van der Waals surface area contributed by atoms with Crippen molar-refractivity contribution >= 4 is 15.7 Å². The first-order chi connectivity index (χ1) is 15.7. The van der Waals surface area contributed by atoms with Gasteiger partial charge in [0.05, 0.1) is 23.7 Å². The molecule has 0 aliphatic carbocycles. The monoisotopic (exact) mass is 465 g/mol. The van der Waals surface area contributed by atoms with Crippen LogP contribution >= 0.6 is 0 Å². The molecule has 2 aliphatic rings. The van der Waals surface area contributed by atoms with E-state index in [0.29, 0.717) is 22.7 Å². The Morgan fingerprint density at radius 3 is 2.39 bits per heavy atom. The summed E-state index contributed by atoms with van der Waals surface area (Å²) in [5.41, 5.74) is 3.75. The molecule has 0 saturated carbocycles. The number of benzene rings is 2. The van der Waals surface area contributed by atoms with Crippen LogP contribution in [0.15, 0.2) is 53.4 Å². The van der Waals surface area contributed by atoms with Gasteiger partial charge in [0.15, 0.2) is 0 Å². The van der Waals surface area contributed by atoms with Crippen molar-refractivity contribution in [2.24, 2.45) is 0 Å². The Balaban J connectivity index is 1.70. The minimum atomic E-state index is -3.72. The summed E-state index contributed by atoms with van der Waals surface area (Å²) in [6.45, 7) is 8.49. The molecule has 33 heavy (non-hydrogen) atoms. The van der Waals surface area contributed by atoms with E-state index in [1.807, 2.05) is 67.9 Å². The molecule has 0 amide bonds. The second-order valence-corrected chi connectivity index (χ2v) is 11.8. The molecular weight excluding hydrogens is 434 g/mol. The van der Waals surface area contributed by atoms with Crippen molar-refractivity contribution in [3.8, 4) is 11.3 Å². The maximum Gasteiger partial charge on any atom is 0.244 e. The van der Waals surface area contributed by atoms with Gasteiger partial charge in [0.2, 0.25) is 10.0 Å². The summed E-state index contributed by atoms with van der Waals surface area (Å²) < 4.78 is 31.1. The van der Waals surface area contributed by atoms with Crippen LogP contribution in [0.2, 0.25) is 0 Å². The van der Waals surface area contributed by atoms with Gasteiger partial charge in [0.25, 0.3) is 0 Å². The number of fused-ring (bicyclic) bond motifs is 3. The fourth-order valence-corrected chi connectivity index (χ4v) is 6.76. The molecule has 7 nitrogen and oxygen atoms in total. The smallest absolute Gasteiger partial charge is 0.244 e. The van der Waals surface area contributed by atoms with Gasteiger partial charge >= 0.3 is 0 Å². The molecule has 0 atom stereocenters. The summed E-state index contributed by atoms with van der Waals surface area (Å²) in [4.78, 5) is 2.68. The third-order valence-electron chi connectivity index (χ3n) is 6.53. The Morgan fingerprint density at radius 1 is 0.970 bits per heavy atom. The minimum absolute atomic E-state index is 0.198. The maximum atomic E-state index is 13.8. The molecule has 2 aliphatic heterocycles. The Kier molecular flexibility index (Phi) is 5.53. The summed E-state index contributed by atoms with van der Waals surface area (Å²) in [5, 5.41) is 8.95. The lowest BCUT2D eigenvalue weighted by Crippen LogP contribution is -2.44. The van der Waals surface area contributed by atoms with Crippen molar-refractivity contribution < 1.29 is 8.42 Å². The lowest BCUT2D eigenvalue weighted by molar-refractivity contribution is 0.241. The van der Waals surface area contributed by atoms with Crippen molar-refractivity contribution in [3.05, 3.63) is 59.8 Å². The molecule has 3 aromatic rings. The van der Waals surface area contributed by atoms with E-state index in [-0.39, 0.29) is 6.54 Å². The molecule has 0 spiro atoms. The number of anilines is 1. The molecule has 0 bridgehead atoms. The minimum Gasteiger partial charge on any atom is -0.372 e. The molecule has 1 aromatic heterocycles. The van der Waals surface area contributed by atoms with Crippen molar-refractivity contribution in [1.82, 2.24) is 19.3 Å². The molecule has 5 rings (SSSR count). The second kappa shape index (κ2) is 8.25. The first-order valence-electron chi connectivity index (χ1n) is 11.6. The SMILES string of the molecule is CC(C)(C)N1Cc2nnn(Cc3ccccc3)c2-c2cc(N3CCCCC3)ccc2S1(=O)=O. The van der Waals surface area contributed by atoms with Crippen LogP contribution in [0.5, 0.6) is 0 Å². The van der Waals surface area contributed by atoms with Gasteiger partial charge in [-0.1, -0.05) is 35.5 Å². The number of sulfonamides is 1. The van der Waals surface area contributed by atoms with Gasteiger partial charge in [-0.15, -0.1) is 5.10 Å². The quantitative estimate of drug-likeness (QED) is 0.577. The van der Waals surface area contributed by atoms with Gasteiger partial charge in [0.1, 0.15) is 5.69 Å². The molecular formula is C25H31N5O2S. The number of hydrogen-bond acceptors (Lipinski definition) is 5. The zero-order chi connectivity index (χ0) is 23.2. The third-order valence-corrected chi connectivity index (χ3v) is 8.70. The van der Waals surface area contributed by atoms with Crippen LogP contribution in [0, 0.1) is 0 Å². The predicted molar refractivity (Wildman–Crippen MR) is 130 cm³/mol. The Morgan fingerprint density at radius 2 is 1.70 bits per heavy atom. The molecule has 0 N–H and O–H groups in total. The van der Waals surface area contributed by atoms with E-state index in [0.717, 1.165) is 42.9 Å². The summed E-state index contributed by atoms with van der Waals surface area (Å²) in [7, 11) is -3.72. The van der Waals surface area contributed by atoms with Gasteiger partial charge in [-0.25, -0.2) is 13.1 Å². The lowest BCUT2D eigenvalue weighted by atomic mass is 10.0. The van der Waals surface area contributed by atoms with E-state index in [9.17, 15) is 8.42 Å². The van der Waals surface area contributed by atoms with Crippen LogP contribution < -0.4 is 4.90 Å². The molecule has 2 aromatic carbocycles. The molecule has 3 heterocycles. The number of rotatable bonds is 3. The van der Waals surface area contributed by atoms with Gasteiger partial charge in [-0.3, -0.25) is 0 Å². The normalized spacial score (nSPS) is 18.5. The second-order valence-electron chi connectivity index (χ2n) is 9.94. The van der Waals surface area contributed by atoms with E-state index in [4.69, 9.17) is 0 Å². The number of aromatic nitrogens is 3. The zero-order valence-corrected chi connectivity index (χ0v) is 20.3. The lowest BCUT2D eigenvalue weighted by Gasteiger charge is -2.33. The van der Waals surface area contributed by atoms with Crippen LogP contribution in [-0.2, 0) is 23.1 Å². The van der Waals surface area contributed by atoms with E-state index < -0.39 is 15.6 Å². The highest BCUT2D eigenvalue weighted by Crippen LogP contribution is 2.41. The average molecular weight is 466 g/mol. The zero-order valence-electron chi connectivity index (χ0n) is 19.5. The number of nitrogens with zero attached hydrogens (tertiary/aromatic N) is 5. The van der Waals surface area contributed by atoms with Crippen LogP contribution in [0.1, 0.15) is 51.3 Å². The fraction of sp³-hybridized carbons (Fsp3) is 0.440. The van der Waals surface area contributed by atoms with Gasteiger partial charge in [-0.05, 0) is 63.8 Å². The van der Waals surface area contributed by atoms with Crippen molar-refractivity contribution in [2.75, 3.05) is 18.0 Å². The van der Waals surface area contributed by atoms with Crippen LogP contribution in [-0.4, -0.2) is 46.3 Å². The number of hydrogen-bond donors (Lipinski definition) is 0. The van der Waals surface area contributed by atoms with Crippen LogP contribution in [0.4, 0.5) is 5.69 Å². The van der Waals surface area contributed by atoms with E-state index in [2.05, 4.69) is 15.2 Å². The molecule has 1 saturated heterocycles. The topological polar surface area (TPSA) is 71.3 Å². The Labute approximate surface area is 196 Å². The molecule has 1 fully saturated rings. The highest BCUT2D eigenvalue weighted by Gasteiger charge is 2.40. The third kappa shape index (κ3) is 4.06. The molecule has 0 radical (unpaired) electrons.